The van der Waals surface area contributed by atoms with Gasteiger partial charge in [0.2, 0.25) is 11.7 Å². The molecule has 8 heteroatoms. The van der Waals surface area contributed by atoms with E-state index in [1.54, 1.807) is 33.9 Å². The van der Waals surface area contributed by atoms with Crippen molar-refractivity contribution in [2.24, 2.45) is 7.05 Å². The van der Waals surface area contributed by atoms with Gasteiger partial charge in [0.25, 0.3) is 0 Å². The van der Waals surface area contributed by atoms with Crippen LogP contribution in [0.1, 0.15) is 46.6 Å². The predicted octanol–water partition coefficient (Wildman–Crippen LogP) is 4.72. The van der Waals surface area contributed by atoms with Crippen LogP contribution in [0, 0.1) is 20.8 Å². The van der Waals surface area contributed by atoms with Gasteiger partial charge in [-0.25, -0.2) is 9.48 Å². The van der Waals surface area contributed by atoms with Crippen LogP contribution in [0.25, 0.3) is 0 Å². The van der Waals surface area contributed by atoms with E-state index in [0.717, 1.165) is 5.56 Å². The van der Waals surface area contributed by atoms with Crippen molar-refractivity contribution < 1.29 is 14.3 Å². The highest BCUT2D eigenvalue weighted by Crippen LogP contribution is 2.34. The minimum absolute atomic E-state index is 0.0933. The van der Waals surface area contributed by atoms with Gasteiger partial charge in [0.15, 0.2) is 0 Å². The summed E-state index contributed by atoms with van der Waals surface area (Å²) in [6.07, 6.45) is -0.536. The Hall–Kier alpha value is -2.05. The maximum atomic E-state index is 13.2. The molecule has 0 atom stereocenters. The number of hydrogen-bond acceptors (Lipinski definition) is 4. The van der Waals surface area contributed by atoms with E-state index >= 15 is 0 Å². The summed E-state index contributed by atoms with van der Waals surface area (Å²) in [5.74, 6) is -0.272. The first-order valence-electron chi connectivity index (χ1n) is 8.64. The van der Waals surface area contributed by atoms with Crippen LogP contribution < -0.4 is 4.74 Å². The Balaban J connectivity index is 2.54. The second-order valence-electron chi connectivity index (χ2n) is 6.25. The van der Waals surface area contributed by atoms with Crippen LogP contribution >= 0.6 is 23.2 Å². The van der Waals surface area contributed by atoms with Gasteiger partial charge in [-0.15, -0.1) is 0 Å². The number of carbonyl (C=O) groups is 2. The van der Waals surface area contributed by atoms with Gasteiger partial charge in [0, 0.05) is 30.7 Å². The molecule has 0 saturated heterocycles. The average molecular weight is 412 g/mol. The Labute approximate surface area is 169 Å². The highest BCUT2D eigenvalue weighted by Gasteiger charge is 2.28. The fourth-order valence-corrected chi connectivity index (χ4v) is 3.31. The third kappa shape index (κ3) is 3.96. The van der Waals surface area contributed by atoms with E-state index in [1.165, 1.54) is 9.58 Å². The first-order chi connectivity index (χ1) is 12.6. The van der Waals surface area contributed by atoms with Crippen LogP contribution in [0.2, 0.25) is 10.0 Å². The number of aryl methyl sites for hydroxylation is 3. The Morgan fingerprint density at radius 3 is 2.30 bits per heavy atom. The molecule has 0 bridgehead atoms. The summed E-state index contributed by atoms with van der Waals surface area (Å²) in [5, 5.41) is 5.04. The molecule has 0 aliphatic carbocycles. The quantitative estimate of drug-likeness (QED) is 0.667. The molecule has 27 heavy (non-hydrogen) atoms. The number of aromatic nitrogens is 2. The zero-order chi connectivity index (χ0) is 20.5. The molecule has 0 aliphatic rings. The molecule has 2 rings (SSSR count). The fraction of sp³-hybridized carbons (Fsp3) is 0.421. The minimum Gasteiger partial charge on any atom is -0.391 e. The van der Waals surface area contributed by atoms with Crippen molar-refractivity contribution in [3.05, 3.63) is 44.1 Å². The molecule has 2 aromatic rings. The van der Waals surface area contributed by atoms with E-state index in [9.17, 15) is 9.59 Å². The van der Waals surface area contributed by atoms with Crippen LogP contribution in [0.15, 0.2) is 6.07 Å². The van der Waals surface area contributed by atoms with Crippen molar-refractivity contribution in [1.29, 1.82) is 0 Å². The Kier molecular flexibility index (Phi) is 6.54. The molecule has 0 unspecified atom stereocenters. The fourth-order valence-electron chi connectivity index (χ4n) is 2.88. The van der Waals surface area contributed by atoms with Crippen LogP contribution in [0.3, 0.4) is 0 Å². The van der Waals surface area contributed by atoms with Gasteiger partial charge in [-0.05, 0) is 51.8 Å². The Bertz CT molecular complexity index is 902. The van der Waals surface area contributed by atoms with Crippen molar-refractivity contribution in [3.63, 3.8) is 0 Å². The number of hydrogen-bond donors (Lipinski definition) is 0. The lowest BCUT2D eigenvalue weighted by Gasteiger charge is -2.18. The van der Waals surface area contributed by atoms with Gasteiger partial charge in [-0.2, -0.15) is 5.10 Å². The van der Waals surface area contributed by atoms with E-state index in [4.69, 9.17) is 27.9 Å². The van der Waals surface area contributed by atoms with Crippen LogP contribution in [-0.2, 0) is 7.05 Å². The standard InChI is InChI=1S/C19H23Cl2N3O3/c1-7-24(8-2)19(26)27-18-14(12(5)22-23(18)6)17(25)13-9-10(3)15(20)11(4)16(13)21/h9H,7-8H2,1-6H3. The lowest BCUT2D eigenvalue weighted by molar-refractivity contribution is 0.103. The van der Waals surface area contributed by atoms with E-state index in [2.05, 4.69) is 5.10 Å². The first kappa shape index (κ1) is 21.3. The molecule has 0 aliphatic heterocycles. The minimum atomic E-state index is -0.536. The van der Waals surface area contributed by atoms with Crippen molar-refractivity contribution >= 4 is 35.1 Å². The number of nitrogens with zero attached hydrogens (tertiary/aromatic N) is 3. The molecular formula is C19H23Cl2N3O3. The average Bonchev–Trinajstić information content (AvgIpc) is 2.90. The van der Waals surface area contributed by atoms with E-state index in [1.807, 2.05) is 13.8 Å². The van der Waals surface area contributed by atoms with E-state index in [-0.39, 0.29) is 22.2 Å². The molecule has 0 radical (unpaired) electrons. The highest BCUT2D eigenvalue weighted by atomic mass is 35.5. The zero-order valence-electron chi connectivity index (χ0n) is 16.3. The molecule has 1 aromatic heterocycles. The number of carbonyl (C=O) groups excluding carboxylic acids is 2. The van der Waals surface area contributed by atoms with Gasteiger partial charge < -0.3 is 9.64 Å². The van der Waals surface area contributed by atoms with Gasteiger partial charge in [0.1, 0.15) is 5.56 Å². The van der Waals surface area contributed by atoms with Crippen molar-refractivity contribution in [2.45, 2.75) is 34.6 Å². The molecule has 6 nitrogen and oxygen atoms in total. The first-order valence-corrected chi connectivity index (χ1v) is 9.39. The van der Waals surface area contributed by atoms with Gasteiger partial charge in [-0.1, -0.05) is 23.2 Å². The second-order valence-corrected chi connectivity index (χ2v) is 7.01. The number of ketones is 1. The summed E-state index contributed by atoms with van der Waals surface area (Å²) in [6.45, 7) is 9.94. The van der Waals surface area contributed by atoms with Gasteiger partial charge in [0.05, 0.1) is 10.7 Å². The maximum Gasteiger partial charge on any atom is 0.416 e. The van der Waals surface area contributed by atoms with Crippen molar-refractivity contribution in [2.75, 3.05) is 13.1 Å². The molecule has 146 valence electrons. The molecule has 0 spiro atoms. The largest absolute Gasteiger partial charge is 0.416 e. The topological polar surface area (TPSA) is 64.4 Å². The number of benzene rings is 1. The summed E-state index contributed by atoms with van der Waals surface area (Å²) < 4.78 is 6.89. The lowest BCUT2D eigenvalue weighted by Crippen LogP contribution is -2.33. The molecule has 1 aromatic carbocycles. The molecule has 1 amide bonds. The summed E-state index contributed by atoms with van der Waals surface area (Å²) in [7, 11) is 1.62. The summed E-state index contributed by atoms with van der Waals surface area (Å²) in [4.78, 5) is 27.1. The Morgan fingerprint density at radius 2 is 1.74 bits per heavy atom. The molecular weight excluding hydrogens is 389 g/mol. The normalized spacial score (nSPS) is 10.8. The summed E-state index contributed by atoms with van der Waals surface area (Å²) in [5.41, 5.74) is 2.33. The summed E-state index contributed by atoms with van der Waals surface area (Å²) >= 11 is 12.6. The van der Waals surface area contributed by atoms with Gasteiger partial charge in [-0.3, -0.25) is 4.79 Å². The molecule has 0 N–H and O–H groups in total. The summed E-state index contributed by atoms with van der Waals surface area (Å²) in [6, 6.07) is 1.64. The molecule has 0 fully saturated rings. The number of rotatable bonds is 5. The molecule has 1 heterocycles. The Morgan fingerprint density at radius 1 is 1.15 bits per heavy atom. The SMILES string of the molecule is CCN(CC)C(=O)Oc1c(C(=O)c2cc(C)c(Cl)c(C)c2Cl)c(C)nn1C. The third-order valence-electron chi connectivity index (χ3n) is 4.45. The zero-order valence-corrected chi connectivity index (χ0v) is 17.8. The monoisotopic (exact) mass is 411 g/mol. The number of ether oxygens (including phenoxy) is 1. The van der Waals surface area contributed by atoms with Gasteiger partial charge >= 0.3 is 6.09 Å². The third-order valence-corrected chi connectivity index (χ3v) is 5.52. The van der Waals surface area contributed by atoms with Crippen LogP contribution in [-0.4, -0.2) is 39.6 Å². The second kappa shape index (κ2) is 8.31. The molecule has 0 saturated carbocycles. The van der Waals surface area contributed by atoms with Crippen LogP contribution in [0.5, 0.6) is 5.88 Å². The predicted molar refractivity (Wildman–Crippen MR) is 106 cm³/mol. The number of halogens is 2. The van der Waals surface area contributed by atoms with E-state index < -0.39 is 6.09 Å². The lowest BCUT2D eigenvalue weighted by atomic mass is 9.99. The van der Waals surface area contributed by atoms with E-state index in [0.29, 0.717) is 34.9 Å². The van der Waals surface area contributed by atoms with Crippen LogP contribution in [0.4, 0.5) is 4.79 Å². The highest BCUT2D eigenvalue weighted by molar-refractivity contribution is 6.39. The van der Waals surface area contributed by atoms with Crippen molar-refractivity contribution in [3.8, 4) is 5.88 Å². The van der Waals surface area contributed by atoms with Crippen molar-refractivity contribution in [1.82, 2.24) is 14.7 Å². The number of amides is 1. The maximum absolute atomic E-state index is 13.2. The smallest absolute Gasteiger partial charge is 0.391 e.